The molecule has 0 rings (SSSR count). The van der Waals surface area contributed by atoms with Gasteiger partial charge >= 0.3 is 23.1 Å². The maximum absolute atomic E-state index is 0. The summed E-state index contributed by atoms with van der Waals surface area (Å²) >= 11 is 0. The fourth-order valence-electron chi connectivity index (χ4n) is 0. The predicted octanol–water partition coefficient (Wildman–Crippen LogP) is -5.33. The van der Waals surface area contributed by atoms with Crippen molar-refractivity contribution >= 4 is 23.1 Å². The molecule has 0 amide bonds. The third-order valence-corrected chi connectivity index (χ3v) is 0. The Balaban J connectivity index is 0. The van der Waals surface area contributed by atoms with Crippen molar-refractivity contribution in [2.24, 2.45) is 0 Å². The van der Waals surface area contributed by atoms with Crippen molar-refractivity contribution in [3.05, 3.63) is 0 Å². The van der Waals surface area contributed by atoms with E-state index < -0.39 is 0 Å². The van der Waals surface area contributed by atoms with Gasteiger partial charge in [0.05, 0.1) is 0 Å². The van der Waals surface area contributed by atoms with E-state index in [0.717, 1.165) is 0 Å². The topological polar surface area (TPSA) is 189 Å². The van der Waals surface area contributed by atoms with Crippen LogP contribution in [0.1, 0.15) is 0 Å². The second kappa shape index (κ2) is 720. The van der Waals surface area contributed by atoms with Crippen LogP contribution in [0.2, 0.25) is 0 Å². The Morgan fingerprint density at radius 3 is 0.286 bits per heavy atom. The molecule has 0 aliphatic carbocycles. The zero-order valence-electron chi connectivity index (χ0n) is 3.71. The van der Waals surface area contributed by atoms with Gasteiger partial charge in [-0.25, -0.2) is 0 Å². The molecule has 7 heteroatoms. The van der Waals surface area contributed by atoms with E-state index >= 15 is 0 Å². The van der Waals surface area contributed by atoms with E-state index in [-0.39, 0.29) is 55.9 Å². The van der Waals surface area contributed by atoms with Gasteiger partial charge in [0.15, 0.2) is 0 Å². The van der Waals surface area contributed by atoms with E-state index in [9.17, 15) is 0 Å². The summed E-state index contributed by atoms with van der Waals surface area (Å²) in [6, 6.07) is 0. The molecule has 0 unspecified atom stereocenters. The van der Waals surface area contributed by atoms with Crippen LogP contribution >= 0.6 is 0 Å². The van der Waals surface area contributed by atoms with Crippen LogP contribution in [0.4, 0.5) is 0 Å². The van der Waals surface area contributed by atoms with Gasteiger partial charge in [0, 0.05) is 0 Å². The van der Waals surface area contributed by atoms with E-state index in [4.69, 9.17) is 0 Å². The van der Waals surface area contributed by atoms with Gasteiger partial charge in [0.1, 0.15) is 0 Å². The molecule has 6 nitrogen and oxygen atoms in total. The van der Waals surface area contributed by atoms with Crippen LogP contribution < -0.4 is 0 Å². The molecule has 0 fully saturated rings. The zero-order valence-corrected chi connectivity index (χ0v) is 5.12. The molecule has 0 aromatic carbocycles. The Bertz CT molecular complexity index is 4.14. The molecule has 0 aliphatic rings. The Kier molecular flexibility index (Phi) is 119000. The van der Waals surface area contributed by atoms with Crippen molar-refractivity contribution in [1.29, 1.82) is 0 Å². The minimum absolute atomic E-state index is 0. The quantitative estimate of drug-likeness (QED) is 0.285. The van der Waals surface area contributed by atoms with Crippen molar-refractivity contribution in [2.75, 3.05) is 0 Å². The standard InChI is InChI=1S/Mg.6H2O/h;6*1H2/q+2;;;;;;. The first-order chi connectivity index (χ1) is 0. The molecule has 7 heavy (non-hydrogen) atoms. The first kappa shape index (κ1) is 1160. The molecule has 48 valence electrons. The second-order valence-corrected chi connectivity index (χ2v) is 0. The van der Waals surface area contributed by atoms with E-state index in [1.165, 1.54) is 0 Å². The summed E-state index contributed by atoms with van der Waals surface area (Å²) in [6.45, 7) is 0. The molecule has 12 N–H and O–H groups in total. The van der Waals surface area contributed by atoms with Crippen molar-refractivity contribution in [3.63, 3.8) is 0 Å². The Morgan fingerprint density at radius 2 is 0.286 bits per heavy atom. The van der Waals surface area contributed by atoms with Gasteiger partial charge in [-0.3, -0.25) is 0 Å². The summed E-state index contributed by atoms with van der Waals surface area (Å²) in [5.41, 5.74) is 0. The van der Waals surface area contributed by atoms with Crippen LogP contribution in [0, 0.1) is 0 Å². The molecule has 0 radical (unpaired) electrons. The van der Waals surface area contributed by atoms with Gasteiger partial charge < -0.3 is 32.9 Å². The van der Waals surface area contributed by atoms with Crippen LogP contribution in [0.3, 0.4) is 0 Å². The molecule has 0 saturated heterocycles. The number of hydrogen-bond acceptors (Lipinski definition) is 0. The number of rotatable bonds is 0. The average Bonchev–Trinajstić information content (AvgIpc) is 0. The van der Waals surface area contributed by atoms with Gasteiger partial charge in [-0.1, -0.05) is 0 Å². The van der Waals surface area contributed by atoms with Gasteiger partial charge in [0.2, 0.25) is 0 Å². The minimum Gasteiger partial charge on any atom is -0.412 e. The molecule has 0 aromatic rings. The van der Waals surface area contributed by atoms with Crippen LogP contribution in [-0.2, 0) is 0 Å². The normalized spacial score (nSPS) is 0. The first-order valence-electron chi connectivity index (χ1n) is 0. The minimum atomic E-state index is 0. The van der Waals surface area contributed by atoms with E-state index in [2.05, 4.69) is 0 Å². The molecule has 0 aromatic heterocycles. The summed E-state index contributed by atoms with van der Waals surface area (Å²) in [7, 11) is 0. The van der Waals surface area contributed by atoms with Gasteiger partial charge in [0.25, 0.3) is 0 Å². The Labute approximate surface area is 56.5 Å². The summed E-state index contributed by atoms with van der Waals surface area (Å²) in [5.74, 6) is 0. The monoisotopic (exact) mass is 132 g/mol. The molecular weight excluding hydrogens is 120 g/mol. The van der Waals surface area contributed by atoms with Gasteiger partial charge in [-0.15, -0.1) is 0 Å². The van der Waals surface area contributed by atoms with Gasteiger partial charge in [-0.2, -0.15) is 0 Å². The summed E-state index contributed by atoms with van der Waals surface area (Å²) in [5, 5.41) is 0. The number of hydrogen-bond donors (Lipinski definition) is 0. The van der Waals surface area contributed by atoms with E-state index in [0.29, 0.717) is 0 Å². The fourth-order valence-corrected chi connectivity index (χ4v) is 0. The molecule has 0 heterocycles. The molecule has 0 aliphatic heterocycles. The van der Waals surface area contributed by atoms with E-state index in [1.54, 1.807) is 0 Å². The van der Waals surface area contributed by atoms with Crippen LogP contribution in [0.25, 0.3) is 0 Å². The molecular formula is H12MgO6+2. The van der Waals surface area contributed by atoms with Crippen LogP contribution in [0.5, 0.6) is 0 Å². The SMILES string of the molecule is O.O.O.O.O.O.[Mg+2]. The van der Waals surface area contributed by atoms with Gasteiger partial charge in [-0.05, 0) is 0 Å². The van der Waals surface area contributed by atoms with Crippen molar-refractivity contribution < 1.29 is 32.9 Å². The summed E-state index contributed by atoms with van der Waals surface area (Å²) in [4.78, 5) is 0. The smallest absolute Gasteiger partial charge is 0.412 e. The zero-order chi connectivity index (χ0) is 0. The van der Waals surface area contributed by atoms with Crippen molar-refractivity contribution in [3.8, 4) is 0 Å². The third-order valence-electron chi connectivity index (χ3n) is 0. The van der Waals surface area contributed by atoms with E-state index in [1.807, 2.05) is 0 Å². The molecule has 0 bridgehead atoms. The average molecular weight is 132 g/mol. The Hall–Kier alpha value is 0.526. The molecule has 0 atom stereocenters. The largest absolute Gasteiger partial charge is 2.00 e. The third kappa shape index (κ3) is 483. The van der Waals surface area contributed by atoms with Crippen molar-refractivity contribution in [1.82, 2.24) is 0 Å². The van der Waals surface area contributed by atoms with Crippen molar-refractivity contribution in [2.45, 2.75) is 0 Å². The molecule has 0 saturated carbocycles. The Morgan fingerprint density at radius 1 is 0.286 bits per heavy atom. The second-order valence-electron chi connectivity index (χ2n) is 0. The predicted molar refractivity (Wildman–Crippen MR) is 27.4 cm³/mol. The first-order valence-corrected chi connectivity index (χ1v) is 0. The fraction of sp³-hybridized carbons (Fsp3) is 0. The maximum Gasteiger partial charge on any atom is 2.00 e. The summed E-state index contributed by atoms with van der Waals surface area (Å²) in [6.07, 6.45) is 0. The summed E-state index contributed by atoms with van der Waals surface area (Å²) < 4.78 is 0. The van der Waals surface area contributed by atoms with Crippen LogP contribution in [-0.4, -0.2) is 55.9 Å². The van der Waals surface area contributed by atoms with Crippen LogP contribution in [0.15, 0.2) is 0 Å². The molecule has 0 spiro atoms. The maximum atomic E-state index is 0.